The molecule has 2 fully saturated rings. The number of tetrazole rings is 1. The highest BCUT2D eigenvalue weighted by Gasteiger charge is 2.35. The third-order valence-electron chi connectivity index (χ3n) is 7.98. The Labute approximate surface area is 225 Å². The van der Waals surface area contributed by atoms with Gasteiger partial charge in [-0.15, -0.1) is 5.10 Å². The molecule has 6 rings (SSSR count). The van der Waals surface area contributed by atoms with Gasteiger partial charge in [-0.1, -0.05) is 25.0 Å². The minimum absolute atomic E-state index is 0.209. The number of para-hydroxylation sites is 1. The summed E-state index contributed by atoms with van der Waals surface area (Å²) < 4.78 is 27.4. The van der Waals surface area contributed by atoms with Crippen molar-refractivity contribution in [2.75, 3.05) is 45.3 Å². The van der Waals surface area contributed by atoms with Crippen LogP contribution in [0.3, 0.4) is 0 Å². The van der Waals surface area contributed by atoms with Crippen molar-refractivity contribution in [2.45, 2.75) is 37.8 Å². The molecule has 1 saturated heterocycles. The first-order chi connectivity index (χ1) is 19.1. The number of H-pyrrole nitrogens is 1. The molecule has 204 valence electrons. The van der Waals surface area contributed by atoms with Crippen LogP contribution in [-0.4, -0.2) is 70.5 Å². The number of rotatable bonds is 7. The lowest BCUT2D eigenvalue weighted by Gasteiger charge is -2.39. The minimum atomic E-state index is -0.468. The van der Waals surface area contributed by atoms with E-state index in [0.29, 0.717) is 60.3 Å². The minimum Gasteiger partial charge on any atom is -0.493 e. The quantitative estimate of drug-likeness (QED) is 0.384. The Morgan fingerprint density at radius 1 is 1.00 bits per heavy atom. The molecular formula is C28H32FN7O3. The molecule has 1 aliphatic heterocycles. The van der Waals surface area contributed by atoms with Crippen LogP contribution in [0, 0.1) is 5.82 Å². The molecule has 3 heterocycles. The van der Waals surface area contributed by atoms with E-state index in [-0.39, 0.29) is 17.4 Å². The van der Waals surface area contributed by atoms with E-state index < -0.39 is 6.04 Å². The topological polar surface area (TPSA) is 101 Å². The van der Waals surface area contributed by atoms with Gasteiger partial charge in [-0.05, 0) is 47.5 Å². The average molecular weight is 534 g/mol. The van der Waals surface area contributed by atoms with Gasteiger partial charge in [0, 0.05) is 43.2 Å². The van der Waals surface area contributed by atoms with Gasteiger partial charge in [-0.3, -0.25) is 9.69 Å². The van der Waals surface area contributed by atoms with Gasteiger partial charge in [0.2, 0.25) is 0 Å². The van der Waals surface area contributed by atoms with Gasteiger partial charge in [0.25, 0.3) is 5.56 Å². The van der Waals surface area contributed by atoms with Gasteiger partial charge in [-0.25, -0.2) is 9.07 Å². The molecular weight excluding hydrogens is 501 g/mol. The Kier molecular flexibility index (Phi) is 6.90. The number of anilines is 1. The van der Waals surface area contributed by atoms with E-state index in [1.165, 1.54) is 6.07 Å². The fourth-order valence-corrected chi connectivity index (χ4v) is 5.97. The van der Waals surface area contributed by atoms with Crippen molar-refractivity contribution in [1.82, 2.24) is 30.1 Å². The molecule has 39 heavy (non-hydrogen) atoms. The summed E-state index contributed by atoms with van der Waals surface area (Å²) in [6, 6.07) is 12.1. The predicted molar refractivity (Wildman–Crippen MR) is 145 cm³/mol. The lowest BCUT2D eigenvalue weighted by Crippen LogP contribution is -2.49. The van der Waals surface area contributed by atoms with Crippen LogP contribution in [0.25, 0.3) is 10.9 Å². The second-order valence-electron chi connectivity index (χ2n) is 10.1. The molecule has 2 aromatic carbocycles. The molecule has 1 unspecified atom stereocenters. The Bertz CT molecular complexity index is 1520. The van der Waals surface area contributed by atoms with Crippen LogP contribution in [0.2, 0.25) is 0 Å². The van der Waals surface area contributed by atoms with Gasteiger partial charge < -0.3 is 19.4 Å². The number of methoxy groups -OCH3 is 2. The molecule has 10 nitrogen and oxygen atoms in total. The second-order valence-corrected chi connectivity index (χ2v) is 10.1. The maximum Gasteiger partial charge on any atom is 0.253 e. The van der Waals surface area contributed by atoms with Gasteiger partial charge in [-0.2, -0.15) is 0 Å². The molecule has 11 heteroatoms. The normalized spacial score (nSPS) is 17.6. The molecule has 0 amide bonds. The van der Waals surface area contributed by atoms with Crippen LogP contribution in [0.4, 0.5) is 10.1 Å². The number of piperazine rings is 1. The molecule has 0 spiro atoms. The number of hydrogen-bond donors (Lipinski definition) is 1. The molecule has 2 aliphatic rings. The fraction of sp³-hybridized carbons (Fsp3) is 0.429. The zero-order valence-electron chi connectivity index (χ0n) is 22.1. The number of fused-ring (bicyclic) bond motifs is 1. The summed E-state index contributed by atoms with van der Waals surface area (Å²) in [7, 11) is 3.15. The first kappa shape index (κ1) is 25.3. The zero-order valence-corrected chi connectivity index (χ0v) is 22.1. The standard InChI is InChI=1S/C28H32FN7O3/c1-38-24-16-18-15-20(28(37)30-22(18)17-25(24)39-2)26(27-31-32-33-36(27)19-7-3-4-8-19)35-13-11-34(12-14-35)23-10-6-5-9-21(23)29/h5-6,9-10,15-17,19,26H,3-4,7-8,11-14H2,1-2H3,(H,30,37). The summed E-state index contributed by atoms with van der Waals surface area (Å²) >= 11 is 0. The van der Waals surface area contributed by atoms with E-state index in [1.807, 2.05) is 27.8 Å². The number of pyridine rings is 1. The summed E-state index contributed by atoms with van der Waals surface area (Å²) in [5, 5.41) is 13.7. The van der Waals surface area contributed by atoms with Gasteiger partial charge >= 0.3 is 0 Å². The Morgan fingerprint density at radius 3 is 2.44 bits per heavy atom. The van der Waals surface area contributed by atoms with Crippen LogP contribution in [0.1, 0.15) is 49.2 Å². The summed E-state index contributed by atoms with van der Waals surface area (Å²) in [5.41, 5.74) is 1.59. The van der Waals surface area contributed by atoms with E-state index in [1.54, 1.807) is 32.4 Å². The van der Waals surface area contributed by atoms with Crippen molar-refractivity contribution in [2.24, 2.45) is 0 Å². The largest absolute Gasteiger partial charge is 0.493 e. The number of nitrogens with zero attached hydrogens (tertiary/aromatic N) is 6. The number of ether oxygens (including phenoxy) is 2. The zero-order chi connectivity index (χ0) is 26.9. The van der Waals surface area contributed by atoms with Crippen LogP contribution in [0.5, 0.6) is 11.5 Å². The van der Waals surface area contributed by atoms with Crippen LogP contribution in [0.15, 0.2) is 47.3 Å². The molecule has 1 saturated carbocycles. The van der Waals surface area contributed by atoms with Crippen molar-refractivity contribution >= 4 is 16.6 Å². The van der Waals surface area contributed by atoms with Crippen molar-refractivity contribution in [3.63, 3.8) is 0 Å². The van der Waals surface area contributed by atoms with Crippen LogP contribution in [-0.2, 0) is 0 Å². The predicted octanol–water partition coefficient (Wildman–Crippen LogP) is 3.70. The Morgan fingerprint density at radius 2 is 1.72 bits per heavy atom. The smallest absolute Gasteiger partial charge is 0.253 e. The van der Waals surface area contributed by atoms with E-state index in [0.717, 1.165) is 31.1 Å². The highest BCUT2D eigenvalue weighted by molar-refractivity contribution is 5.83. The van der Waals surface area contributed by atoms with Gasteiger partial charge in [0.15, 0.2) is 17.3 Å². The molecule has 2 aromatic heterocycles. The van der Waals surface area contributed by atoms with Crippen molar-refractivity contribution in [3.05, 3.63) is 70.0 Å². The van der Waals surface area contributed by atoms with Crippen molar-refractivity contribution in [1.29, 1.82) is 0 Å². The first-order valence-electron chi connectivity index (χ1n) is 13.4. The number of benzene rings is 2. The van der Waals surface area contributed by atoms with Crippen LogP contribution < -0.4 is 19.9 Å². The Balaban J connectivity index is 1.41. The number of nitrogens with one attached hydrogen (secondary N) is 1. The number of aromatic amines is 1. The molecule has 1 N–H and O–H groups in total. The maximum atomic E-state index is 14.5. The summed E-state index contributed by atoms with van der Waals surface area (Å²) in [5.74, 6) is 1.54. The summed E-state index contributed by atoms with van der Waals surface area (Å²) in [4.78, 5) is 21.0. The summed E-state index contributed by atoms with van der Waals surface area (Å²) in [6.07, 6.45) is 4.29. The number of aromatic nitrogens is 5. The molecule has 1 atom stereocenters. The highest BCUT2D eigenvalue weighted by atomic mass is 19.1. The highest BCUT2D eigenvalue weighted by Crippen LogP contribution is 2.36. The lowest BCUT2D eigenvalue weighted by atomic mass is 10.0. The van der Waals surface area contributed by atoms with Gasteiger partial charge in [0.1, 0.15) is 11.9 Å². The fourth-order valence-electron chi connectivity index (χ4n) is 5.97. The third-order valence-corrected chi connectivity index (χ3v) is 7.98. The lowest BCUT2D eigenvalue weighted by molar-refractivity contribution is 0.196. The molecule has 4 aromatic rings. The maximum absolute atomic E-state index is 14.5. The molecule has 1 aliphatic carbocycles. The second kappa shape index (κ2) is 10.6. The monoisotopic (exact) mass is 533 g/mol. The number of hydrogen-bond acceptors (Lipinski definition) is 8. The van der Waals surface area contributed by atoms with Gasteiger partial charge in [0.05, 0.1) is 31.5 Å². The average Bonchev–Trinajstić information content (AvgIpc) is 3.66. The summed E-state index contributed by atoms with van der Waals surface area (Å²) in [6.45, 7) is 2.44. The van der Waals surface area contributed by atoms with E-state index >= 15 is 0 Å². The third kappa shape index (κ3) is 4.71. The Hall–Kier alpha value is -3.99. The van der Waals surface area contributed by atoms with E-state index in [4.69, 9.17) is 9.47 Å². The number of halogens is 1. The van der Waals surface area contributed by atoms with E-state index in [2.05, 4.69) is 25.4 Å². The van der Waals surface area contributed by atoms with Crippen molar-refractivity contribution < 1.29 is 13.9 Å². The molecule has 0 bridgehead atoms. The SMILES string of the molecule is COc1cc2cc(C(c3nnnn3C3CCCC3)N3CCN(c4ccccc4F)CC3)c(=O)[nH]c2cc1OC. The van der Waals surface area contributed by atoms with Crippen molar-refractivity contribution in [3.8, 4) is 11.5 Å². The molecule has 0 radical (unpaired) electrons. The first-order valence-corrected chi connectivity index (χ1v) is 13.4. The van der Waals surface area contributed by atoms with Crippen LogP contribution >= 0.6 is 0 Å². The van der Waals surface area contributed by atoms with E-state index in [9.17, 15) is 9.18 Å².